The SMILES string of the molecule is CCCN(C1CCNC1)S(=O)(=O)NCC(C)C. The van der Waals surface area contributed by atoms with Crippen LogP contribution in [0.15, 0.2) is 0 Å². The summed E-state index contributed by atoms with van der Waals surface area (Å²) in [5, 5.41) is 3.21. The van der Waals surface area contributed by atoms with Crippen molar-refractivity contribution in [3.8, 4) is 0 Å². The van der Waals surface area contributed by atoms with E-state index >= 15 is 0 Å². The third kappa shape index (κ3) is 4.54. The highest BCUT2D eigenvalue weighted by Crippen LogP contribution is 2.13. The fraction of sp³-hybridized carbons (Fsp3) is 1.00. The van der Waals surface area contributed by atoms with Gasteiger partial charge in [0.2, 0.25) is 0 Å². The van der Waals surface area contributed by atoms with Gasteiger partial charge in [-0.05, 0) is 25.3 Å². The minimum atomic E-state index is -3.32. The molecule has 1 aliphatic heterocycles. The average Bonchev–Trinajstić information content (AvgIpc) is 2.76. The van der Waals surface area contributed by atoms with Gasteiger partial charge in [-0.3, -0.25) is 0 Å². The topological polar surface area (TPSA) is 61.4 Å². The molecule has 1 heterocycles. The van der Waals surface area contributed by atoms with Gasteiger partial charge in [0, 0.05) is 25.7 Å². The third-order valence-electron chi connectivity index (χ3n) is 2.87. The van der Waals surface area contributed by atoms with Crippen LogP contribution in [0.2, 0.25) is 0 Å². The lowest BCUT2D eigenvalue weighted by Gasteiger charge is -2.27. The molecule has 102 valence electrons. The second-order valence-corrected chi connectivity index (χ2v) is 6.71. The first-order valence-corrected chi connectivity index (χ1v) is 7.88. The highest BCUT2D eigenvalue weighted by molar-refractivity contribution is 7.87. The average molecular weight is 263 g/mol. The Labute approximate surface area is 105 Å². The van der Waals surface area contributed by atoms with Crippen LogP contribution < -0.4 is 10.0 Å². The molecule has 1 fully saturated rings. The summed E-state index contributed by atoms with van der Waals surface area (Å²) in [6, 6.07) is 0.111. The Kier molecular flexibility index (Phi) is 5.85. The largest absolute Gasteiger partial charge is 0.315 e. The Hall–Kier alpha value is -0.170. The Bertz CT molecular complexity index is 311. The van der Waals surface area contributed by atoms with Crippen molar-refractivity contribution in [2.45, 2.75) is 39.7 Å². The maximum atomic E-state index is 12.2. The lowest BCUT2D eigenvalue weighted by molar-refractivity contribution is 0.328. The van der Waals surface area contributed by atoms with Crippen molar-refractivity contribution in [2.24, 2.45) is 5.92 Å². The number of nitrogens with one attached hydrogen (secondary N) is 2. The van der Waals surface area contributed by atoms with Crippen LogP contribution in [0.3, 0.4) is 0 Å². The first-order chi connectivity index (χ1) is 7.97. The minimum absolute atomic E-state index is 0.111. The number of hydrogen-bond donors (Lipinski definition) is 2. The van der Waals surface area contributed by atoms with E-state index in [9.17, 15) is 8.42 Å². The number of nitrogens with zero attached hydrogens (tertiary/aromatic N) is 1. The summed E-state index contributed by atoms with van der Waals surface area (Å²) >= 11 is 0. The third-order valence-corrected chi connectivity index (χ3v) is 4.50. The zero-order chi connectivity index (χ0) is 12.9. The smallest absolute Gasteiger partial charge is 0.279 e. The summed E-state index contributed by atoms with van der Waals surface area (Å²) in [5.74, 6) is 0.329. The highest BCUT2D eigenvalue weighted by Gasteiger charge is 2.30. The summed E-state index contributed by atoms with van der Waals surface area (Å²) in [4.78, 5) is 0. The molecule has 1 atom stereocenters. The molecule has 0 aromatic rings. The van der Waals surface area contributed by atoms with E-state index in [2.05, 4.69) is 10.0 Å². The van der Waals surface area contributed by atoms with E-state index in [1.807, 2.05) is 20.8 Å². The molecule has 0 spiro atoms. The van der Waals surface area contributed by atoms with Crippen LogP contribution in [0, 0.1) is 5.92 Å². The van der Waals surface area contributed by atoms with Crippen molar-refractivity contribution in [1.29, 1.82) is 0 Å². The predicted molar refractivity (Wildman–Crippen MR) is 70.0 cm³/mol. The molecule has 6 heteroatoms. The van der Waals surface area contributed by atoms with E-state index in [4.69, 9.17) is 0 Å². The van der Waals surface area contributed by atoms with Crippen LogP contribution in [0.5, 0.6) is 0 Å². The summed E-state index contributed by atoms with van der Waals surface area (Å²) in [6.45, 7) is 8.79. The van der Waals surface area contributed by atoms with Gasteiger partial charge in [0.1, 0.15) is 0 Å². The fourth-order valence-electron chi connectivity index (χ4n) is 1.96. The van der Waals surface area contributed by atoms with Crippen LogP contribution >= 0.6 is 0 Å². The Morgan fingerprint density at radius 3 is 2.65 bits per heavy atom. The van der Waals surface area contributed by atoms with Gasteiger partial charge in [-0.2, -0.15) is 12.7 Å². The van der Waals surface area contributed by atoms with Gasteiger partial charge in [0.15, 0.2) is 0 Å². The maximum absolute atomic E-state index is 12.2. The molecular weight excluding hydrogens is 238 g/mol. The fourth-order valence-corrected chi connectivity index (χ4v) is 3.66. The van der Waals surface area contributed by atoms with Gasteiger partial charge in [0.25, 0.3) is 10.2 Å². The highest BCUT2D eigenvalue weighted by atomic mass is 32.2. The van der Waals surface area contributed by atoms with Crippen LogP contribution in [-0.2, 0) is 10.2 Å². The molecule has 1 unspecified atom stereocenters. The van der Waals surface area contributed by atoms with Gasteiger partial charge in [-0.25, -0.2) is 4.72 Å². The Balaban J connectivity index is 2.67. The molecule has 0 aromatic heterocycles. The van der Waals surface area contributed by atoms with Gasteiger partial charge in [-0.1, -0.05) is 20.8 Å². The molecule has 0 radical (unpaired) electrons. The minimum Gasteiger partial charge on any atom is -0.315 e. The van der Waals surface area contributed by atoms with E-state index in [0.717, 1.165) is 25.9 Å². The maximum Gasteiger partial charge on any atom is 0.279 e. The molecule has 0 aliphatic carbocycles. The molecule has 0 aromatic carbocycles. The molecular formula is C11H25N3O2S. The normalized spacial score (nSPS) is 21.6. The van der Waals surface area contributed by atoms with Crippen molar-refractivity contribution in [3.05, 3.63) is 0 Å². The Morgan fingerprint density at radius 2 is 2.18 bits per heavy atom. The second-order valence-electron chi connectivity index (χ2n) is 5.00. The zero-order valence-electron chi connectivity index (χ0n) is 11.1. The van der Waals surface area contributed by atoms with E-state index in [1.54, 1.807) is 4.31 Å². The van der Waals surface area contributed by atoms with Crippen LogP contribution in [0.4, 0.5) is 0 Å². The molecule has 2 N–H and O–H groups in total. The second kappa shape index (κ2) is 6.68. The van der Waals surface area contributed by atoms with Crippen LogP contribution in [0.25, 0.3) is 0 Å². The summed E-state index contributed by atoms with van der Waals surface area (Å²) in [6.07, 6.45) is 1.75. The summed E-state index contributed by atoms with van der Waals surface area (Å²) in [7, 11) is -3.32. The molecule has 0 saturated carbocycles. The molecule has 0 bridgehead atoms. The number of hydrogen-bond acceptors (Lipinski definition) is 3. The first-order valence-electron chi connectivity index (χ1n) is 6.44. The molecule has 1 aliphatic rings. The van der Waals surface area contributed by atoms with Gasteiger partial charge in [-0.15, -0.1) is 0 Å². The quantitative estimate of drug-likeness (QED) is 0.705. The molecule has 5 nitrogen and oxygen atoms in total. The molecule has 0 amide bonds. The predicted octanol–water partition coefficient (Wildman–Crippen LogP) is 0.551. The van der Waals surface area contributed by atoms with E-state index in [1.165, 1.54) is 0 Å². The first kappa shape index (κ1) is 14.9. The number of rotatable bonds is 7. The van der Waals surface area contributed by atoms with Crippen molar-refractivity contribution in [3.63, 3.8) is 0 Å². The van der Waals surface area contributed by atoms with Crippen LogP contribution in [-0.4, -0.2) is 44.9 Å². The lowest BCUT2D eigenvalue weighted by atomic mass is 10.2. The van der Waals surface area contributed by atoms with Crippen molar-refractivity contribution in [2.75, 3.05) is 26.2 Å². The van der Waals surface area contributed by atoms with E-state index in [0.29, 0.717) is 19.0 Å². The van der Waals surface area contributed by atoms with Crippen molar-refractivity contribution in [1.82, 2.24) is 14.3 Å². The summed E-state index contributed by atoms with van der Waals surface area (Å²) < 4.78 is 28.7. The lowest BCUT2D eigenvalue weighted by Crippen LogP contribution is -2.48. The van der Waals surface area contributed by atoms with Crippen molar-refractivity contribution < 1.29 is 8.42 Å². The van der Waals surface area contributed by atoms with Crippen molar-refractivity contribution >= 4 is 10.2 Å². The van der Waals surface area contributed by atoms with Gasteiger partial charge in [0.05, 0.1) is 0 Å². The van der Waals surface area contributed by atoms with Gasteiger partial charge >= 0.3 is 0 Å². The molecule has 1 saturated heterocycles. The molecule has 1 rings (SSSR count). The standard InChI is InChI=1S/C11H25N3O2S/c1-4-7-14(11-5-6-12-9-11)17(15,16)13-8-10(2)3/h10-13H,4-9H2,1-3H3. The van der Waals surface area contributed by atoms with E-state index in [-0.39, 0.29) is 6.04 Å². The van der Waals surface area contributed by atoms with Gasteiger partial charge < -0.3 is 5.32 Å². The zero-order valence-corrected chi connectivity index (χ0v) is 11.9. The Morgan fingerprint density at radius 1 is 1.47 bits per heavy atom. The van der Waals surface area contributed by atoms with E-state index < -0.39 is 10.2 Å². The summed E-state index contributed by atoms with van der Waals surface area (Å²) in [5.41, 5.74) is 0. The molecule has 17 heavy (non-hydrogen) atoms. The van der Waals surface area contributed by atoms with Crippen LogP contribution in [0.1, 0.15) is 33.6 Å². The monoisotopic (exact) mass is 263 g/mol.